The number of esters is 1. The SMILES string of the molecule is COC(=O)C(C)(C)Cc1[nH]c2ccc(O)c(Cc3ccc(Cl)cc3)c2c1C(=O)C(C)(C)C. The van der Waals surface area contributed by atoms with Crippen molar-refractivity contribution in [2.45, 2.75) is 47.5 Å². The first-order chi connectivity index (χ1) is 14.8. The average Bonchev–Trinajstić information content (AvgIpc) is 3.06. The van der Waals surface area contributed by atoms with Crippen LogP contribution in [0.5, 0.6) is 5.75 Å². The molecule has 2 aromatic carbocycles. The van der Waals surface area contributed by atoms with Crippen molar-refractivity contribution >= 4 is 34.3 Å². The van der Waals surface area contributed by atoms with Gasteiger partial charge in [0.25, 0.3) is 0 Å². The first kappa shape index (κ1) is 23.9. The number of benzene rings is 2. The van der Waals surface area contributed by atoms with E-state index in [0.29, 0.717) is 40.1 Å². The topological polar surface area (TPSA) is 79.4 Å². The van der Waals surface area contributed by atoms with Crippen molar-refractivity contribution in [3.63, 3.8) is 0 Å². The number of rotatable bonds is 6. The van der Waals surface area contributed by atoms with E-state index in [0.717, 1.165) is 11.1 Å². The lowest BCUT2D eigenvalue weighted by Gasteiger charge is -2.23. The Balaban J connectivity index is 2.26. The summed E-state index contributed by atoms with van der Waals surface area (Å²) < 4.78 is 4.97. The Bertz CT molecular complexity index is 1170. The molecular formula is C26H30ClNO4. The fourth-order valence-electron chi connectivity index (χ4n) is 3.94. The standard InChI is InChI=1S/C26H30ClNO4/c1-25(2,3)23(30)22-19(14-26(4,5)24(31)32-6)28-18-11-12-20(29)17(21(18)22)13-15-7-9-16(27)10-8-15/h7-12,28-29H,13-14H2,1-6H3. The van der Waals surface area contributed by atoms with Gasteiger partial charge in [-0.3, -0.25) is 9.59 Å². The number of ketones is 1. The van der Waals surface area contributed by atoms with E-state index in [9.17, 15) is 14.7 Å². The molecule has 1 heterocycles. The summed E-state index contributed by atoms with van der Waals surface area (Å²) in [7, 11) is 1.36. The van der Waals surface area contributed by atoms with E-state index >= 15 is 0 Å². The van der Waals surface area contributed by atoms with Gasteiger partial charge in [0, 0.05) is 51.0 Å². The first-order valence-corrected chi connectivity index (χ1v) is 11.0. The third-order valence-electron chi connectivity index (χ3n) is 5.68. The van der Waals surface area contributed by atoms with E-state index in [2.05, 4.69) is 4.98 Å². The molecule has 0 spiro atoms. The second-order valence-corrected chi connectivity index (χ2v) is 10.3. The second kappa shape index (κ2) is 8.62. The second-order valence-electron chi connectivity index (χ2n) is 9.90. The number of carbonyl (C=O) groups excluding carboxylic acids is 2. The number of aromatic amines is 1. The van der Waals surface area contributed by atoms with Gasteiger partial charge in [0.2, 0.25) is 0 Å². The highest BCUT2D eigenvalue weighted by Crippen LogP contribution is 2.38. The third kappa shape index (κ3) is 4.68. The first-order valence-electron chi connectivity index (χ1n) is 10.6. The van der Waals surface area contributed by atoms with Gasteiger partial charge < -0.3 is 14.8 Å². The van der Waals surface area contributed by atoms with Gasteiger partial charge in [0.1, 0.15) is 5.75 Å². The van der Waals surface area contributed by atoms with Crippen LogP contribution in [0.3, 0.4) is 0 Å². The number of phenols is 1. The molecule has 0 saturated carbocycles. The van der Waals surface area contributed by atoms with Gasteiger partial charge >= 0.3 is 5.97 Å². The molecule has 1 aromatic heterocycles. The number of ether oxygens (including phenoxy) is 1. The molecule has 0 fully saturated rings. The van der Waals surface area contributed by atoms with Crippen LogP contribution in [-0.4, -0.2) is 29.0 Å². The van der Waals surface area contributed by atoms with E-state index in [4.69, 9.17) is 16.3 Å². The summed E-state index contributed by atoms with van der Waals surface area (Å²) in [5.74, 6) is -0.287. The van der Waals surface area contributed by atoms with Gasteiger partial charge in [-0.25, -0.2) is 0 Å². The summed E-state index contributed by atoms with van der Waals surface area (Å²) in [6.45, 7) is 9.19. The van der Waals surface area contributed by atoms with Crippen molar-refractivity contribution in [2.24, 2.45) is 10.8 Å². The monoisotopic (exact) mass is 455 g/mol. The minimum absolute atomic E-state index is 0.0534. The highest BCUT2D eigenvalue weighted by atomic mass is 35.5. The molecule has 5 nitrogen and oxygen atoms in total. The fraction of sp³-hybridized carbons (Fsp3) is 0.385. The summed E-state index contributed by atoms with van der Waals surface area (Å²) >= 11 is 6.02. The van der Waals surface area contributed by atoms with Crippen molar-refractivity contribution in [3.8, 4) is 5.75 Å². The van der Waals surface area contributed by atoms with Crippen molar-refractivity contribution < 1.29 is 19.4 Å². The third-order valence-corrected chi connectivity index (χ3v) is 5.94. The van der Waals surface area contributed by atoms with Crippen molar-refractivity contribution in [1.29, 1.82) is 0 Å². The lowest BCUT2D eigenvalue weighted by Crippen LogP contribution is -2.29. The molecule has 6 heteroatoms. The Kier molecular flexibility index (Phi) is 6.43. The maximum Gasteiger partial charge on any atom is 0.311 e. The molecule has 2 N–H and O–H groups in total. The van der Waals surface area contributed by atoms with Crippen LogP contribution < -0.4 is 0 Å². The number of carbonyl (C=O) groups is 2. The zero-order chi connectivity index (χ0) is 23.8. The molecular weight excluding hydrogens is 426 g/mol. The van der Waals surface area contributed by atoms with Crippen LogP contribution in [0.1, 0.15) is 61.8 Å². The van der Waals surface area contributed by atoms with Gasteiger partial charge in [-0.1, -0.05) is 44.5 Å². The quantitative estimate of drug-likeness (QED) is 0.348. The van der Waals surface area contributed by atoms with Crippen molar-refractivity contribution in [3.05, 3.63) is 63.8 Å². The highest BCUT2D eigenvalue weighted by molar-refractivity contribution is 6.30. The molecule has 0 unspecified atom stereocenters. The van der Waals surface area contributed by atoms with Crippen molar-refractivity contribution in [1.82, 2.24) is 4.98 Å². The molecule has 0 amide bonds. The molecule has 0 bridgehead atoms. The number of halogens is 1. The van der Waals surface area contributed by atoms with E-state index in [1.807, 2.05) is 32.9 Å². The largest absolute Gasteiger partial charge is 0.508 e. The zero-order valence-corrected chi connectivity index (χ0v) is 20.2. The summed E-state index contributed by atoms with van der Waals surface area (Å²) in [6, 6.07) is 10.8. The minimum atomic E-state index is -0.832. The normalized spacial score (nSPS) is 12.2. The number of aromatic nitrogens is 1. The van der Waals surface area contributed by atoms with Crippen molar-refractivity contribution in [2.75, 3.05) is 7.11 Å². The molecule has 0 atom stereocenters. The van der Waals surface area contributed by atoms with Crippen LogP contribution in [-0.2, 0) is 22.4 Å². The molecule has 170 valence electrons. The number of hydrogen-bond acceptors (Lipinski definition) is 4. The minimum Gasteiger partial charge on any atom is -0.508 e. The number of Topliss-reactive ketones (excluding diaryl/α,β-unsaturated/α-hetero) is 1. The van der Waals surface area contributed by atoms with E-state index in [1.165, 1.54) is 7.11 Å². The highest BCUT2D eigenvalue weighted by Gasteiger charge is 2.35. The van der Waals surface area contributed by atoms with Crippen LogP contribution in [0, 0.1) is 10.8 Å². The molecule has 3 aromatic rings. The van der Waals surface area contributed by atoms with Gasteiger partial charge in [0.05, 0.1) is 12.5 Å². The zero-order valence-electron chi connectivity index (χ0n) is 19.4. The number of nitrogens with one attached hydrogen (secondary N) is 1. The molecule has 0 aliphatic carbocycles. The molecule has 0 radical (unpaired) electrons. The smallest absolute Gasteiger partial charge is 0.311 e. The number of methoxy groups -OCH3 is 1. The number of aromatic hydroxyl groups is 1. The van der Waals surface area contributed by atoms with Crippen LogP contribution >= 0.6 is 11.6 Å². The Hall–Kier alpha value is -2.79. The van der Waals surface area contributed by atoms with Gasteiger partial charge in [0.15, 0.2) is 5.78 Å². The van der Waals surface area contributed by atoms with E-state index in [1.54, 1.807) is 38.1 Å². The average molecular weight is 456 g/mol. The van der Waals surface area contributed by atoms with Crippen LogP contribution in [0.25, 0.3) is 10.9 Å². The number of H-pyrrole nitrogens is 1. The number of hydrogen-bond donors (Lipinski definition) is 2. The molecule has 0 aliphatic rings. The molecule has 32 heavy (non-hydrogen) atoms. The predicted octanol–water partition coefficient (Wildman–Crippen LogP) is 6.09. The maximum atomic E-state index is 13.6. The summed E-state index contributed by atoms with van der Waals surface area (Å²) in [5, 5.41) is 12.1. The lowest BCUT2D eigenvalue weighted by molar-refractivity contribution is -0.150. The molecule has 0 saturated heterocycles. The summed E-state index contributed by atoms with van der Waals surface area (Å²) in [6.07, 6.45) is 0.731. The Morgan fingerprint density at radius 2 is 1.66 bits per heavy atom. The lowest BCUT2D eigenvalue weighted by atomic mass is 9.80. The Morgan fingerprint density at radius 3 is 2.22 bits per heavy atom. The van der Waals surface area contributed by atoms with E-state index < -0.39 is 10.8 Å². The van der Waals surface area contributed by atoms with Crippen LogP contribution in [0.2, 0.25) is 5.02 Å². The number of phenolic OH excluding ortho intramolecular Hbond substituents is 1. The van der Waals surface area contributed by atoms with Gasteiger partial charge in [-0.15, -0.1) is 0 Å². The Morgan fingerprint density at radius 1 is 1.03 bits per heavy atom. The summed E-state index contributed by atoms with van der Waals surface area (Å²) in [4.78, 5) is 29.3. The van der Waals surface area contributed by atoms with Gasteiger partial charge in [-0.05, 0) is 43.7 Å². The predicted molar refractivity (Wildman–Crippen MR) is 128 cm³/mol. The maximum absolute atomic E-state index is 13.6. The molecule has 3 rings (SSSR count). The number of fused-ring (bicyclic) bond motifs is 1. The van der Waals surface area contributed by atoms with E-state index in [-0.39, 0.29) is 17.5 Å². The summed E-state index contributed by atoms with van der Waals surface area (Å²) in [5.41, 5.74) is 2.07. The molecule has 0 aliphatic heterocycles. The van der Waals surface area contributed by atoms with Crippen LogP contribution in [0.4, 0.5) is 0 Å². The van der Waals surface area contributed by atoms with Crippen LogP contribution in [0.15, 0.2) is 36.4 Å². The fourth-order valence-corrected chi connectivity index (χ4v) is 4.06. The Labute approximate surface area is 193 Å². The van der Waals surface area contributed by atoms with Gasteiger partial charge in [-0.2, -0.15) is 0 Å².